The van der Waals surface area contributed by atoms with Gasteiger partial charge in [0.2, 0.25) is 5.91 Å². The molecule has 0 radical (unpaired) electrons. The van der Waals surface area contributed by atoms with Crippen molar-refractivity contribution >= 4 is 46.0 Å². The van der Waals surface area contributed by atoms with Gasteiger partial charge in [0.15, 0.2) is 0 Å². The van der Waals surface area contributed by atoms with E-state index < -0.39 is 4.75 Å². The number of amides is 1. The smallest absolute Gasteiger partial charge is 0.238 e. The molecule has 0 aromatic heterocycles. The summed E-state index contributed by atoms with van der Waals surface area (Å²) >= 11 is 5.12. The molecule has 3 rings (SSSR count). The van der Waals surface area contributed by atoms with Crippen molar-refractivity contribution < 1.29 is 4.79 Å². The largest absolute Gasteiger partial charge is 0.341 e. The number of hydrogen-bond acceptors (Lipinski definition) is 3. The molecule has 6 heteroatoms. The zero-order valence-electron chi connectivity index (χ0n) is 14.3. The second-order valence-electron chi connectivity index (χ2n) is 7.11. The third-order valence-corrected chi connectivity index (χ3v) is 6.73. The van der Waals surface area contributed by atoms with Gasteiger partial charge in [-0.2, -0.15) is 0 Å². The summed E-state index contributed by atoms with van der Waals surface area (Å²) < 4.78 is 0.643. The molecule has 3 nitrogen and oxygen atoms in total. The quantitative estimate of drug-likeness (QED) is 0.725. The summed E-state index contributed by atoms with van der Waals surface area (Å²) in [5.41, 5.74) is 0. The lowest BCUT2D eigenvalue weighted by molar-refractivity contribution is -0.132. The van der Waals surface area contributed by atoms with Crippen LogP contribution in [0.3, 0.4) is 0 Å². The van der Waals surface area contributed by atoms with Gasteiger partial charge in [0.1, 0.15) is 0 Å². The molecule has 1 aromatic rings. The monoisotopic (exact) mass is 432 g/mol. The molecule has 2 aliphatic heterocycles. The first kappa shape index (κ1) is 20.1. The van der Waals surface area contributed by atoms with Crippen LogP contribution in [0.25, 0.3) is 0 Å². The highest BCUT2D eigenvalue weighted by Crippen LogP contribution is 2.36. The fraction of sp³-hybridized carbons (Fsp3) is 0.611. The Bertz CT molecular complexity index is 553. The fourth-order valence-corrected chi connectivity index (χ4v) is 4.99. The third-order valence-electron chi connectivity index (χ3n) is 5.01. The minimum atomic E-state index is -0.425. The minimum absolute atomic E-state index is 0. The third kappa shape index (κ3) is 4.69. The number of fused-ring (bicyclic) bond motifs is 1. The molecule has 134 valence electrons. The predicted molar refractivity (Wildman–Crippen MR) is 107 cm³/mol. The molecule has 0 aliphatic carbocycles. The van der Waals surface area contributed by atoms with E-state index in [0.717, 1.165) is 60.2 Å². The number of hydrogen-bond donors (Lipinski definition) is 1. The van der Waals surface area contributed by atoms with Gasteiger partial charge in [0.05, 0.1) is 4.75 Å². The normalized spacial score (nSPS) is 24.0. The maximum atomic E-state index is 13.0. The first-order valence-corrected chi connectivity index (χ1v) is 10.0. The topological polar surface area (TPSA) is 32.3 Å². The molecule has 0 spiro atoms. The van der Waals surface area contributed by atoms with E-state index in [0.29, 0.717) is 0 Å². The van der Waals surface area contributed by atoms with E-state index in [2.05, 4.69) is 52.1 Å². The predicted octanol–water partition coefficient (Wildman–Crippen LogP) is 4.20. The Morgan fingerprint density at radius 1 is 1.17 bits per heavy atom. The van der Waals surface area contributed by atoms with Crippen LogP contribution in [0.1, 0.15) is 26.7 Å². The van der Waals surface area contributed by atoms with E-state index in [1.165, 1.54) is 0 Å². The van der Waals surface area contributed by atoms with Crippen molar-refractivity contribution in [1.29, 1.82) is 0 Å². The molecule has 2 atom stereocenters. The average molecular weight is 434 g/mol. The Balaban J connectivity index is 0.00000208. The van der Waals surface area contributed by atoms with E-state index in [4.69, 9.17) is 0 Å². The highest BCUT2D eigenvalue weighted by atomic mass is 79.9. The zero-order valence-corrected chi connectivity index (χ0v) is 17.5. The van der Waals surface area contributed by atoms with Crippen molar-refractivity contribution in [3.8, 4) is 0 Å². The molecule has 2 heterocycles. The van der Waals surface area contributed by atoms with Gasteiger partial charge in [-0.25, -0.2) is 0 Å². The van der Waals surface area contributed by atoms with E-state index in [1.54, 1.807) is 11.8 Å². The minimum Gasteiger partial charge on any atom is -0.341 e. The Morgan fingerprint density at radius 3 is 2.25 bits per heavy atom. The standard InChI is InChI=1S/C18H25BrN2OS.ClH/c1-18(2,23-16-5-3-15(19)4-6-16)17(22)21-9-7-13-11-20-12-14(13)8-10-21;/h3-6,13-14,20H,7-12H2,1-2H3;1H/t13-,14+;. The molecular weight excluding hydrogens is 408 g/mol. The van der Waals surface area contributed by atoms with Gasteiger partial charge in [0.25, 0.3) is 0 Å². The van der Waals surface area contributed by atoms with Crippen molar-refractivity contribution in [2.24, 2.45) is 11.8 Å². The number of rotatable bonds is 3. The fourth-order valence-electron chi connectivity index (χ4n) is 3.64. The first-order chi connectivity index (χ1) is 11.0. The van der Waals surface area contributed by atoms with Gasteiger partial charge in [-0.3, -0.25) is 4.79 Å². The molecule has 1 amide bonds. The lowest BCUT2D eigenvalue weighted by Crippen LogP contribution is -2.44. The second-order valence-corrected chi connectivity index (χ2v) is 9.73. The number of benzene rings is 1. The average Bonchev–Trinajstić information content (AvgIpc) is 2.87. The highest BCUT2D eigenvalue weighted by molar-refractivity contribution is 9.10. The molecule has 0 saturated carbocycles. The SMILES string of the molecule is CC(C)(Sc1ccc(Br)cc1)C(=O)N1CC[C@@H]2CNC[C@@H]2CC1.Cl. The number of carbonyl (C=O) groups excluding carboxylic acids is 1. The van der Waals surface area contributed by atoms with Crippen LogP contribution in [0.2, 0.25) is 0 Å². The molecule has 2 fully saturated rings. The van der Waals surface area contributed by atoms with Crippen molar-refractivity contribution in [1.82, 2.24) is 10.2 Å². The zero-order chi connectivity index (χ0) is 16.4. The van der Waals surface area contributed by atoms with Crippen LogP contribution in [0.5, 0.6) is 0 Å². The highest BCUT2D eigenvalue weighted by Gasteiger charge is 2.37. The Labute approximate surface area is 163 Å². The lowest BCUT2D eigenvalue weighted by atomic mass is 9.92. The second kappa shape index (κ2) is 8.43. The molecule has 2 saturated heterocycles. The molecule has 1 aromatic carbocycles. The van der Waals surface area contributed by atoms with E-state index in [9.17, 15) is 4.79 Å². The number of nitrogens with zero attached hydrogens (tertiary/aromatic N) is 1. The summed E-state index contributed by atoms with van der Waals surface area (Å²) in [5, 5.41) is 3.49. The van der Waals surface area contributed by atoms with Crippen molar-refractivity contribution in [3.05, 3.63) is 28.7 Å². The van der Waals surface area contributed by atoms with Crippen LogP contribution >= 0.6 is 40.1 Å². The van der Waals surface area contributed by atoms with Gasteiger partial charge in [0, 0.05) is 22.5 Å². The summed E-state index contributed by atoms with van der Waals surface area (Å²) in [6, 6.07) is 8.20. The van der Waals surface area contributed by atoms with Gasteiger partial charge in [-0.1, -0.05) is 15.9 Å². The maximum Gasteiger partial charge on any atom is 0.238 e. The maximum absolute atomic E-state index is 13.0. The molecule has 24 heavy (non-hydrogen) atoms. The summed E-state index contributed by atoms with van der Waals surface area (Å²) in [7, 11) is 0. The number of thioether (sulfide) groups is 1. The molecule has 2 aliphatic rings. The van der Waals surface area contributed by atoms with Crippen molar-refractivity contribution in [2.75, 3.05) is 26.2 Å². The van der Waals surface area contributed by atoms with Gasteiger partial charge >= 0.3 is 0 Å². The van der Waals surface area contributed by atoms with Gasteiger partial charge < -0.3 is 10.2 Å². The van der Waals surface area contributed by atoms with Crippen LogP contribution in [-0.2, 0) is 4.79 Å². The molecule has 0 bridgehead atoms. The molecule has 0 unspecified atom stereocenters. The van der Waals surface area contributed by atoms with Gasteiger partial charge in [-0.15, -0.1) is 24.2 Å². The van der Waals surface area contributed by atoms with Crippen LogP contribution in [0.4, 0.5) is 0 Å². The Hall–Kier alpha value is -0.230. The summed E-state index contributed by atoms with van der Waals surface area (Å²) in [6.45, 7) is 8.18. The van der Waals surface area contributed by atoms with Crippen LogP contribution in [0.15, 0.2) is 33.6 Å². The van der Waals surface area contributed by atoms with E-state index in [-0.39, 0.29) is 18.3 Å². The number of nitrogens with one attached hydrogen (secondary N) is 1. The number of likely N-dealkylation sites (tertiary alicyclic amines) is 1. The Morgan fingerprint density at radius 2 is 1.71 bits per heavy atom. The summed E-state index contributed by atoms with van der Waals surface area (Å²) in [5.74, 6) is 1.79. The van der Waals surface area contributed by atoms with Crippen molar-refractivity contribution in [3.63, 3.8) is 0 Å². The van der Waals surface area contributed by atoms with Crippen LogP contribution in [-0.4, -0.2) is 41.7 Å². The van der Waals surface area contributed by atoms with Crippen molar-refractivity contribution in [2.45, 2.75) is 36.3 Å². The molecule has 1 N–H and O–H groups in total. The number of halogens is 2. The van der Waals surface area contributed by atoms with E-state index >= 15 is 0 Å². The Kier molecular flexibility index (Phi) is 7.06. The summed E-state index contributed by atoms with van der Waals surface area (Å²) in [6.07, 6.45) is 2.28. The summed E-state index contributed by atoms with van der Waals surface area (Å²) in [4.78, 5) is 16.3. The van der Waals surface area contributed by atoms with E-state index in [1.807, 2.05) is 12.1 Å². The lowest BCUT2D eigenvalue weighted by Gasteiger charge is -2.31. The van der Waals surface area contributed by atoms with Gasteiger partial charge in [-0.05, 0) is 75.9 Å². The first-order valence-electron chi connectivity index (χ1n) is 8.40. The van der Waals surface area contributed by atoms with Crippen LogP contribution < -0.4 is 5.32 Å². The number of carbonyl (C=O) groups is 1. The van der Waals surface area contributed by atoms with Crippen LogP contribution in [0, 0.1) is 11.8 Å². The molecular formula is C18H26BrClN2OS.